The van der Waals surface area contributed by atoms with E-state index in [0.717, 1.165) is 12.2 Å². The molecule has 0 aliphatic heterocycles. The van der Waals surface area contributed by atoms with Crippen molar-refractivity contribution in [3.8, 4) is 11.5 Å². The van der Waals surface area contributed by atoms with Crippen molar-refractivity contribution < 1.29 is 14.3 Å². The smallest absolute Gasteiger partial charge is 0.257 e. The fourth-order valence-electron chi connectivity index (χ4n) is 2.02. The molecule has 2 N–H and O–H groups in total. The predicted octanol–water partition coefficient (Wildman–Crippen LogP) is 3.42. The first kappa shape index (κ1) is 17.6. The number of aromatic nitrogens is 1. The fraction of sp³-hybridized carbons (Fsp3) is 0.333. The van der Waals surface area contributed by atoms with Crippen LogP contribution in [-0.4, -0.2) is 31.7 Å². The van der Waals surface area contributed by atoms with Crippen molar-refractivity contribution >= 4 is 17.4 Å². The number of anilines is 2. The summed E-state index contributed by atoms with van der Waals surface area (Å²) in [5, 5.41) is 6.04. The van der Waals surface area contributed by atoms with Crippen molar-refractivity contribution in [1.82, 2.24) is 4.98 Å². The van der Waals surface area contributed by atoms with Gasteiger partial charge in [-0.3, -0.25) is 4.79 Å². The van der Waals surface area contributed by atoms with E-state index in [1.54, 1.807) is 44.7 Å². The van der Waals surface area contributed by atoms with E-state index in [-0.39, 0.29) is 5.91 Å². The highest BCUT2D eigenvalue weighted by molar-refractivity contribution is 6.04. The third-order valence-corrected chi connectivity index (χ3v) is 3.33. The number of ether oxygens (including phenoxy) is 2. The third-order valence-electron chi connectivity index (χ3n) is 3.33. The first-order valence-electron chi connectivity index (χ1n) is 7.76. The summed E-state index contributed by atoms with van der Waals surface area (Å²) < 4.78 is 10.4. The molecule has 1 amide bonds. The van der Waals surface area contributed by atoms with E-state index in [0.29, 0.717) is 28.8 Å². The van der Waals surface area contributed by atoms with Crippen molar-refractivity contribution in [2.24, 2.45) is 5.92 Å². The van der Waals surface area contributed by atoms with E-state index in [9.17, 15) is 4.79 Å². The Kier molecular flexibility index (Phi) is 6.01. The Labute approximate surface area is 142 Å². The van der Waals surface area contributed by atoms with Crippen LogP contribution in [0.25, 0.3) is 0 Å². The van der Waals surface area contributed by atoms with Gasteiger partial charge in [-0.15, -0.1) is 0 Å². The summed E-state index contributed by atoms with van der Waals surface area (Å²) in [6.45, 7) is 5.14. The van der Waals surface area contributed by atoms with Crippen molar-refractivity contribution in [2.45, 2.75) is 13.8 Å². The van der Waals surface area contributed by atoms with Gasteiger partial charge in [0.05, 0.1) is 26.1 Å². The van der Waals surface area contributed by atoms with Gasteiger partial charge in [0.2, 0.25) is 0 Å². The second-order valence-electron chi connectivity index (χ2n) is 5.76. The molecule has 24 heavy (non-hydrogen) atoms. The summed E-state index contributed by atoms with van der Waals surface area (Å²) in [6, 6.07) is 8.66. The van der Waals surface area contributed by atoms with Gasteiger partial charge in [-0.2, -0.15) is 0 Å². The highest BCUT2D eigenvalue weighted by atomic mass is 16.5. The Balaban J connectivity index is 2.06. The van der Waals surface area contributed by atoms with Gasteiger partial charge in [0.1, 0.15) is 17.3 Å². The molecule has 1 aromatic heterocycles. The molecule has 0 unspecified atom stereocenters. The van der Waals surface area contributed by atoms with Gasteiger partial charge in [0.15, 0.2) is 0 Å². The van der Waals surface area contributed by atoms with E-state index < -0.39 is 0 Å². The van der Waals surface area contributed by atoms with Crippen molar-refractivity contribution in [3.05, 3.63) is 42.1 Å². The minimum absolute atomic E-state index is 0.275. The Morgan fingerprint density at radius 1 is 1.12 bits per heavy atom. The highest BCUT2D eigenvalue weighted by Crippen LogP contribution is 2.23. The summed E-state index contributed by atoms with van der Waals surface area (Å²) in [4.78, 5) is 16.6. The second kappa shape index (κ2) is 8.19. The van der Waals surface area contributed by atoms with E-state index in [4.69, 9.17) is 9.47 Å². The van der Waals surface area contributed by atoms with Crippen LogP contribution in [0.15, 0.2) is 36.5 Å². The zero-order chi connectivity index (χ0) is 17.5. The first-order chi connectivity index (χ1) is 11.5. The van der Waals surface area contributed by atoms with Gasteiger partial charge >= 0.3 is 0 Å². The zero-order valence-electron chi connectivity index (χ0n) is 14.4. The maximum atomic E-state index is 12.4. The molecule has 0 aliphatic rings. The Morgan fingerprint density at radius 3 is 2.29 bits per heavy atom. The van der Waals surface area contributed by atoms with Gasteiger partial charge in [-0.05, 0) is 30.2 Å². The molecule has 0 bridgehead atoms. The topological polar surface area (TPSA) is 72.5 Å². The molecule has 2 aromatic rings. The summed E-state index contributed by atoms with van der Waals surface area (Å²) in [6.07, 6.45) is 1.70. The number of rotatable bonds is 7. The van der Waals surface area contributed by atoms with Crippen LogP contribution in [0, 0.1) is 5.92 Å². The van der Waals surface area contributed by atoms with Crippen molar-refractivity contribution in [2.75, 3.05) is 31.4 Å². The standard InChI is InChI=1S/C18H23N3O3/c1-12(2)10-19-14-5-6-17(20-11-14)21-18(22)13-7-15(23-3)9-16(8-13)24-4/h5-9,11-12,19H,10H2,1-4H3,(H,20,21,22). The van der Waals surface area contributed by atoms with Crippen LogP contribution >= 0.6 is 0 Å². The van der Waals surface area contributed by atoms with Crippen molar-refractivity contribution in [1.29, 1.82) is 0 Å². The maximum Gasteiger partial charge on any atom is 0.257 e. The van der Waals surface area contributed by atoms with Crippen LogP contribution in [0.3, 0.4) is 0 Å². The molecule has 6 nitrogen and oxygen atoms in total. The van der Waals surface area contributed by atoms with Gasteiger partial charge in [0, 0.05) is 18.2 Å². The average molecular weight is 329 g/mol. The maximum absolute atomic E-state index is 12.4. The third kappa shape index (κ3) is 4.87. The van der Waals surface area contributed by atoms with Crippen LogP contribution in [-0.2, 0) is 0 Å². The number of pyridine rings is 1. The number of benzene rings is 1. The Bertz CT molecular complexity index is 662. The second-order valence-corrected chi connectivity index (χ2v) is 5.76. The summed E-state index contributed by atoms with van der Waals surface area (Å²) in [5.41, 5.74) is 1.36. The van der Waals surface area contributed by atoms with Crippen LogP contribution in [0.4, 0.5) is 11.5 Å². The molecule has 0 saturated heterocycles. The number of hydrogen-bond acceptors (Lipinski definition) is 5. The summed E-state index contributed by atoms with van der Waals surface area (Å²) >= 11 is 0. The van der Waals surface area contributed by atoms with E-state index in [2.05, 4.69) is 29.5 Å². The van der Waals surface area contributed by atoms with Crippen LogP contribution in [0.2, 0.25) is 0 Å². The molecular weight excluding hydrogens is 306 g/mol. The molecule has 6 heteroatoms. The quantitative estimate of drug-likeness (QED) is 0.814. The Morgan fingerprint density at radius 2 is 1.79 bits per heavy atom. The number of hydrogen-bond donors (Lipinski definition) is 2. The number of carbonyl (C=O) groups excluding carboxylic acids is 1. The lowest BCUT2D eigenvalue weighted by molar-refractivity contribution is 0.102. The first-order valence-corrected chi connectivity index (χ1v) is 7.76. The monoisotopic (exact) mass is 329 g/mol. The normalized spacial score (nSPS) is 10.4. The Hall–Kier alpha value is -2.76. The molecular formula is C18H23N3O3. The summed E-state index contributed by atoms with van der Waals surface area (Å²) in [7, 11) is 3.09. The van der Waals surface area contributed by atoms with Gasteiger partial charge < -0.3 is 20.1 Å². The molecule has 0 spiro atoms. The van der Waals surface area contributed by atoms with E-state index in [1.807, 2.05) is 6.07 Å². The zero-order valence-corrected chi connectivity index (χ0v) is 14.4. The molecule has 1 heterocycles. The van der Waals surface area contributed by atoms with Crippen molar-refractivity contribution in [3.63, 3.8) is 0 Å². The lowest BCUT2D eigenvalue weighted by atomic mass is 10.2. The predicted molar refractivity (Wildman–Crippen MR) is 95.1 cm³/mol. The van der Waals surface area contributed by atoms with Gasteiger partial charge in [-0.25, -0.2) is 4.98 Å². The number of methoxy groups -OCH3 is 2. The molecule has 1 aromatic carbocycles. The highest BCUT2D eigenvalue weighted by Gasteiger charge is 2.11. The van der Waals surface area contributed by atoms with Crippen LogP contribution in [0.1, 0.15) is 24.2 Å². The molecule has 0 saturated carbocycles. The molecule has 0 fully saturated rings. The molecule has 0 radical (unpaired) electrons. The number of amides is 1. The number of carbonyl (C=O) groups is 1. The largest absolute Gasteiger partial charge is 0.497 e. The van der Waals surface area contributed by atoms with E-state index in [1.165, 1.54) is 0 Å². The molecule has 0 aliphatic carbocycles. The lowest BCUT2D eigenvalue weighted by Crippen LogP contribution is -2.13. The van der Waals surface area contributed by atoms with Gasteiger partial charge in [-0.1, -0.05) is 13.8 Å². The lowest BCUT2D eigenvalue weighted by Gasteiger charge is -2.10. The SMILES string of the molecule is COc1cc(OC)cc(C(=O)Nc2ccc(NCC(C)C)cn2)c1. The van der Waals surface area contributed by atoms with Crippen LogP contribution in [0.5, 0.6) is 11.5 Å². The van der Waals surface area contributed by atoms with Gasteiger partial charge in [0.25, 0.3) is 5.91 Å². The average Bonchev–Trinajstić information content (AvgIpc) is 2.60. The number of nitrogens with one attached hydrogen (secondary N) is 2. The fourth-order valence-corrected chi connectivity index (χ4v) is 2.02. The molecule has 2 rings (SSSR count). The summed E-state index contributed by atoms with van der Waals surface area (Å²) in [5.74, 6) is 1.87. The number of nitrogens with zero attached hydrogens (tertiary/aromatic N) is 1. The molecule has 128 valence electrons. The van der Waals surface area contributed by atoms with E-state index >= 15 is 0 Å². The minimum atomic E-state index is -0.275. The molecule has 0 atom stereocenters. The minimum Gasteiger partial charge on any atom is -0.497 e. The van der Waals surface area contributed by atoms with Crippen LogP contribution < -0.4 is 20.1 Å².